The second kappa shape index (κ2) is 7.60. The average Bonchev–Trinajstić information content (AvgIpc) is 3.05. The summed E-state index contributed by atoms with van der Waals surface area (Å²) in [5.41, 5.74) is -9.12. The summed E-state index contributed by atoms with van der Waals surface area (Å²) >= 11 is 0. The first-order chi connectivity index (χ1) is 15.8. The van der Waals surface area contributed by atoms with Gasteiger partial charge >= 0.3 is 18.0 Å². The van der Waals surface area contributed by atoms with Crippen LogP contribution in [-0.2, 0) is 19.1 Å². The van der Waals surface area contributed by atoms with Gasteiger partial charge in [-0.05, 0) is 6.92 Å². The number of alkyl halides is 6. The Bertz CT molecular complexity index is 1380. The SMILES string of the molecule is Cc1nn(C)cc1Cn1c2c(c(=O)[nH]c1=O)C(C(F)(F)F)(C(F)(F)F)N=C(c1ccccc1)N2. The highest BCUT2D eigenvalue weighted by Gasteiger charge is 2.75. The zero-order valence-electron chi connectivity index (χ0n) is 17.5. The fraction of sp³-hybridized carbons (Fsp3) is 0.300. The Hall–Kier alpha value is -3.84. The van der Waals surface area contributed by atoms with Gasteiger partial charge < -0.3 is 5.32 Å². The number of anilines is 1. The molecular formula is C20H16F6N6O2. The van der Waals surface area contributed by atoms with E-state index in [0.29, 0.717) is 15.8 Å². The molecule has 0 unspecified atom stereocenters. The Kier molecular flexibility index (Phi) is 5.21. The molecule has 8 nitrogen and oxygen atoms in total. The number of nitrogens with zero attached hydrogens (tertiary/aromatic N) is 4. The van der Waals surface area contributed by atoms with Gasteiger partial charge in [0.25, 0.3) is 11.1 Å². The second-order valence-electron chi connectivity index (χ2n) is 7.64. The monoisotopic (exact) mass is 486 g/mol. The summed E-state index contributed by atoms with van der Waals surface area (Å²) < 4.78 is 87.5. The Morgan fingerprint density at radius 2 is 1.65 bits per heavy atom. The van der Waals surface area contributed by atoms with Crippen LogP contribution in [0.2, 0.25) is 0 Å². The average molecular weight is 486 g/mol. The molecule has 1 aliphatic heterocycles. The number of aromatic nitrogens is 4. The number of rotatable bonds is 3. The third kappa shape index (κ3) is 3.49. The number of nitrogens with one attached hydrogen (secondary N) is 2. The Labute approximate surface area is 186 Å². The number of hydrogen-bond acceptors (Lipinski definition) is 5. The maximum absolute atomic E-state index is 14.3. The summed E-state index contributed by atoms with van der Waals surface area (Å²) in [6, 6.07) is 6.78. The third-order valence-corrected chi connectivity index (χ3v) is 5.39. The summed E-state index contributed by atoms with van der Waals surface area (Å²) in [6.07, 6.45) is -10.7. The molecule has 2 aromatic heterocycles. The lowest BCUT2D eigenvalue weighted by Gasteiger charge is -2.38. The molecule has 3 aromatic rings. The van der Waals surface area contributed by atoms with E-state index < -0.39 is 52.9 Å². The normalized spacial score (nSPS) is 15.5. The van der Waals surface area contributed by atoms with E-state index in [0.717, 1.165) is 0 Å². The van der Waals surface area contributed by atoms with Crippen LogP contribution in [0.15, 0.2) is 51.1 Å². The molecular weight excluding hydrogens is 470 g/mol. The highest BCUT2D eigenvalue weighted by atomic mass is 19.4. The van der Waals surface area contributed by atoms with Gasteiger partial charge in [-0.1, -0.05) is 30.3 Å². The first-order valence-corrected chi connectivity index (χ1v) is 9.68. The smallest absolute Gasteiger partial charge is 0.326 e. The number of fused-ring (bicyclic) bond motifs is 1. The molecule has 34 heavy (non-hydrogen) atoms. The van der Waals surface area contributed by atoms with Gasteiger partial charge in [-0.15, -0.1) is 0 Å². The van der Waals surface area contributed by atoms with Crippen molar-refractivity contribution in [3.63, 3.8) is 0 Å². The molecule has 4 rings (SSSR count). The molecule has 180 valence electrons. The molecule has 0 aliphatic carbocycles. The summed E-state index contributed by atoms with van der Waals surface area (Å²) in [4.78, 5) is 29.8. The minimum absolute atomic E-state index is 0.108. The third-order valence-electron chi connectivity index (χ3n) is 5.39. The van der Waals surface area contributed by atoms with Crippen molar-refractivity contribution >= 4 is 11.7 Å². The van der Waals surface area contributed by atoms with E-state index in [1.165, 1.54) is 41.2 Å². The van der Waals surface area contributed by atoms with Crippen LogP contribution < -0.4 is 16.6 Å². The molecule has 0 radical (unpaired) electrons. The van der Waals surface area contributed by atoms with Crippen molar-refractivity contribution in [2.75, 3.05) is 5.32 Å². The number of aromatic amines is 1. The minimum Gasteiger partial charge on any atom is -0.326 e. The molecule has 0 fully saturated rings. The van der Waals surface area contributed by atoms with Crippen LogP contribution >= 0.6 is 0 Å². The number of aryl methyl sites for hydroxylation is 2. The molecule has 0 bridgehead atoms. The van der Waals surface area contributed by atoms with E-state index >= 15 is 0 Å². The van der Waals surface area contributed by atoms with Crippen LogP contribution in [0, 0.1) is 6.92 Å². The molecule has 0 amide bonds. The molecule has 14 heteroatoms. The lowest BCUT2D eigenvalue weighted by molar-refractivity contribution is -0.301. The van der Waals surface area contributed by atoms with Crippen molar-refractivity contribution in [3.8, 4) is 0 Å². The Morgan fingerprint density at radius 1 is 1.03 bits per heavy atom. The summed E-state index contributed by atoms with van der Waals surface area (Å²) in [7, 11) is 1.55. The van der Waals surface area contributed by atoms with E-state index in [1.807, 2.05) is 0 Å². The molecule has 1 aliphatic rings. The number of halogens is 6. The maximum Gasteiger partial charge on any atom is 0.427 e. The fourth-order valence-electron chi connectivity index (χ4n) is 3.83. The van der Waals surface area contributed by atoms with Crippen molar-refractivity contribution in [1.29, 1.82) is 0 Å². The summed E-state index contributed by atoms with van der Waals surface area (Å²) in [6.45, 7) is 1.09. The van der Waals surface area contributed by atoms with Crippen molar-refractivity contribution in [2.45, 2.75) is 31.4 Å². The van der Waals surface area contributed by atoms with Crippen LogP contribution in [0.25, 0.3) is 0 Å². The highest BCUT2D eigenvalue weighted by molar-refractivity contribution is 6.09. The lowest BCUT2D eigenvalue weighted by atomic mass is 9.87. The first kappa shape index (κ1) is 23.3. The predicted molar refractivity (Wildman–Crippen MR) is 109 cm³/mol. The van der Waals surface area contributed by atoms with Gasteiger partial charge in [-0.25, -0.2) is 9.79 Å². The lowest BCUT2D eigenvalue weighted by Crippen LogP contribution is -2.59. The van der Waals surface area contributed by atoms with Crippen LogP contribution in [0.5, 0.6) is 0 Å². The Balaban J connectivity index is 2.10. The number of H-pyrrole nitrogens is 1. The zero-order valence-corrected chi connectivity index (χ0v) is 17.5. The van der Waals surface area contributed by atoms with E-state index in [-0.39, 0.29) is 5.56 Å². The van der Waals surface area contributed by atoms with Gasteiger partial charge in [-0.3, -0.25) is 19.0 Å². The standard InChI is InChI=1S/C20H16F6N6O2/c1-10-12(8-31(2)30-10)9-32-15-13(16(33)28-17(32)34)18(19(21,22)23,20(24,25)26)29-14(27-15)11-6-4-3-5-7-11/h3-8H,9H2,1-2H3,(H,27,29)(H,28,33,34). The molecule has 3 heterocycles. The molecule has 0 saturated carbocycles. The number of amidine groups is 1. The number of aliphatic imine (C=N–C) groups is 1. The minimum atomic E-state index is -6.07. The fourth-order valence-corrected chi connectivity index (χ4v) is 3.83. The molecule has 1 aromatic carbocycles. The van der Waals surface area contributed by atoms with Crippen LogP contribution in [-0.4, -0.2) is 37.5 Å². The first-order valence-electron chi connectivity index (χ1n) is 9.68. The molecule has 0 saturated heterocycles. The molecule has 0 spiro atoms. The largest absolute Gasteiger partial charge is 0.427 e. The van der Waals surface area contributed by atoms with E-state index in [4.69, 9.17) is 0 Å². The van der Waals surface area contributed by atoms with Gasteiger partial charge in [0.2, 0.25) is 0 Å². The quantitative estimate of drug-likeness (QED) is 0.557. The van der Waals surface area contributed by atoms with Crippen LogP contribution in [0.3, 0.4) is 0 Å². The predicted octanol–water partition coefficient (Wildman–Crippen LogP) is 2.82. The summed E-state index contributed by atoms with van der Waals surface area (Å²) in [5.74, 6) is -1.76. The molecule has 2 N–H and O–H groups in total. The number of hydrogen-bond donors (Lipinski definition) is 2. The van der Waals surface area contributed by atoms with Crippen molar-refractivity contribution in [2.24, 2.45) is 12.0 Å². The van der Waals surface area contributed by atoms with Crippen molar-refractivity contribution in [1.82, 2.24) is 19.3 Å². The van der Waals surface area contributed by atoms with Crippen molar-refractivity contribution < 1.29 is 26.3 Å². The van der Waals surface area contributed by atoms with E-state index in [9.17, 15) is 35.9 Å². The molecule has 0 atom stereocenters. The van der Waals surface area contributed by atoms with E-state index in [2.05, 4.69) is 15.4 Å². The van der Waals surface area contributed by atoms with Crippen molar-refractivity contribution in [3.05, 3.63) is 79.8 Å². The highest BCUT2D eigenvalue weighted by Crippen LogP contribution is 2.55. The summed E-state index contributed by atoms with van der Waals surface area (Å²) in [5, 5.41) is 6.44. The van der Waals surface area contributed by atoms with Gasteiger partial charge in [0.15, 0.2) is 0 Å². The van der Waals surface area contributed by atoms with Gasteiger partial charge in [0, 0.05) is 24.4 Å². The topological polar surface area (TPSA) is 97.1 Å². The van der Waals surface area contributed by atoms with Gasteiger partial charge in [0.1, 0.15) is 17.2 Å². The van der Waals surface area contributed by atoms with Crippen LogP contribution in [0.1, 0.15) is 22.4 Å². The number of benzene rings is 1. The van der Waals surface area contributed by atoms with Gasteiger partial charge in [0.05, 0.1) is 12.2 Å². The zero-order chi connectivity index (χ0) is 25.1. The second-order valence-corrected chi connectivity index (χ2v) is 7.64. The Morgan fingerprint density at radius 3 is 2.18 bits per heavy atom. The van der Waals surface area contributed by atoms with Gasteiger partial charge in [-0.2, -0.15) is 31.4 Å². The van der Waals surface area contributed by atoms with E-state index in [1.54, 1.807) is 19.0 Å². The maximum atomic E-state index is 14.3. The van der Waals surface area contributed by atoms with Crippen LogP contribution in [0.4, 0.5) is 32.2 Å².